The van der Waals surface area contributed by atoms with Crippen molar-refractivity contribution in [2.24, 2.45) is 0 Å². The fourth-order valence-corrected chi connectivity index (χ4v) is 2.16. The van der Waals surface area contributed by atoms with Gasteiger partial charge in [0.15, 0.2) is 5.82 Å². The first-order valence-corrected chi connectivity index (χ1v) is 7.17. The largest absolute Gasteiger partial charge is 0.433 e. The molecule has 0 unspecified atom stereocenters. The number of carbonyl (C=O) groups excluding carboxylic acids is 1. The van der Waals surface area contributed by atoms with Gasteiger partial charge < -0.3 is 5.32 Å². The number of aryl methyl sites for hydroxylation is 1. The molecule has 25 heavy (non-hydrogen) atoms. The van der Waals surface area contributed by atoms with Crippen LogP contribution in [0.1, 0.15) is 21.7 Å². The van der Waals surface area contributed by atoms with E-state index in [1.54, 1.807) is 35.3 Å². The zero-order chi connectivity index (χ0) is 18.0. The minimum Gasteiger partial charge on any atom is -0.321 e. The molecule has 0 aliphatic rings. The summed E-state index contributed by atoms with van der Waals surface area (Å²) in [5.41, 5.74) is -0.579. The van der Waals surface area contributed by atoms with Gasteiger partial charge in [-0.25, -0.2) is 14.6 Å². The number of hydrogen-bond donors (Lipinski definition) is 1. The van der Waals surface area contributed by atoms with Crippen LogP contribution in [0.3, 0.4) is 0 Å². The van der Waals surface area contributed by atoms with E-state index in [9.17, 15) is 18.0 Å². The summed E-state index contributed by atoms with van der Waals surface area (Å²) in [6, 6.07) is 6.90. The lowest BCUT2D eigenvalue weighted by Gasteiger charge is -2.10. The van der Waals surface area contributed by atoms with E-state index in [-0.39, 0.29) is 11.3 Å². The van der Waals surface area contributed by atoms with Crippen molar-refractivity contribution in [1.82, 2.24) is 19.7 Å². The van der Waals surface area contributed by atoms with E-state index >= 15 is 0 Å². The number of nitrogens with zero attached hydrogens (tertiary/aromatic N) is 4. The Kier molecular flexibility index (Phi) is 4.22. The number of anilines is 1. The Labute approximate surface area is 140 Å². The van der Waals surface area contributed by atoms with Gasteiger partial charge in [-0.2, -0.15) is 18.3 Å². The second kappa shape index (κ2) is 6.34. The first kappa shape index (κ1) is 16.6. The Morgan fingerprint density at radius 1 is 1.20 bits per heavy atom. The molecule has 3 rings (SSSR count). The van der Waals surface area contributed by atoms with Gasteiger partial charge in [0.05, 0.1) is 23.1 Å². The molecule has 0 aliphatic carbocycles. The van der Waals surface area contributed by atoms with Crippen molar-refractivity contribution in [1.29, 1.82) is 0 Å². The molecule has 128 valence electrons. The van der Waals surface area contributed by atoms with Gasteiger partial charge in [0, 0.05) is 12.4 Å². The van der Waals surface area contributed by atoms with Crippen LogP contribution < -0.4 is 5.32 Å². The number of amides is 1. The molecular formula is C16H12F3N5O. The van der Waals surface area contributed by atoms with Crippen LogP contribution in [0.5, 0.6) is 0 Å². The number of rotatable bonds is 3. The Morgan fingerprint density at radius 3 is 2.56 bits per heavy atom. The molecule has 6 nitrogen and oxygen atoms in total. The minimum atomic E-state index is -4.55. The number of aromatic nitrogens is 4. The minimum absolute atomic E-state index is 0.00607. The van der Waals surface area contributed by atoms with Crippen LogP contribution >= 0.6 is 0 Å². The molecule has 0 radical (unpaired) electrons. The van der Waals surface area contributed by atoms with E-state index in [0.717, 1.165) is 12.1 Å². The molecule has 9 heteroatoms. The number of halogens is 3. The van der Waals surface area contributed by atoms with Gasteiger partial charge in [-0.3, -0.25) is 4.79 Å². The van der Waals surface area contributed by atoms with Gasteiger partial charge in [-0.15, -0.1) is 0 Å². The highest BCUT2D eigenvalue weighted by Crippen LogP contribution is 2.28. The molecule has 3 aromatic rings. The van der Waals surface area contributed by atoms with E-state index < -0.39 is 17.8 Å². The fraction of sp³-hybridized carbons (Fsp3) is 0.125. The lowest BCUT2D eigenvalue weighted by atomic mass is 10.1. The van der Waals surface area contributed by atoms with Crippen LogP contribution in [0.4, 0.5) is 18.9 Å². The van der Waals surface area contributed by atoms with Crippen LogP contribution in [0.2, 0.25) is 0 Å². The van der Waals surface area contributed by atoms with E-state index in [1.165, 1.54) is 13.1 Å². The summed E-state index contributed by atoms with van der Waals surface area (Å²) in [5.74, 6) is 0.00254. The fourth-order valence-electron chi connectivity index (χ4n) is 2.16. The normalized spacial score (nSPS) is 11.4. The molecule has 3 aromatic heterocycles. The van der Waals surface area contributed by atoms with Crippen molar-refractivity contribution < 1.29 is 18.0 Å². The summed E-state index contributed by atoms with van der Waals surface area (Å²) in [6.45, 7) is 1.35. The molecule has 3 heterocycles. The Balaban J connectivity index is 1.76. The van der Waals surface area contributed by atoms with Crippen molar-refractivity contribution in [3.8, 4) is 5.82 Å². The van der Waals surface area contributed by atoms with E-state index in [2.05, 4.69) is 20.4 Å². The molecular weight excluding hydrogens is 335 g/mol. The van der Waals surface area contributed by atoms with Gasteiger partial charge in [0.25, 0.3) is 5.91 Å². The van der Waals surface area contributed by atoms with Crippen molar-refractivity contribution >= 4 is 11.6 Å². The third kappa shape index (κ3) is 3.65. The van der Waals surface area contributed by atoms with Crippen molar-refractivity contribution in [2.45, 2.75) is 13.1 Å². The molecule has 0 atom stereocenters. The highest BCUT2D eigenvalue weighted by Gasteiger charge is 2.33. The second-order valence-corrected chi connectivity index (χ2v) is 5.14. The summed E-state index contributed by atoms with van der Waals surface area (Å²) in [7, 11) is 0. The molecule has 0 bridgehead atoms. The van der Waals surface area contributed by atoms with Crippen LogP contribution in [-0.4, -0.2) is 25.7 Å². The third-order valence-corrected chi connectivity index (χ3v) is 3.37. The first-order valence-electron chi connectivity index (χ1n) is 7.17. The number of alkyl halides is 3. The van der Waals surface area contributed by atoms with Gasteiger partial charge in [-0.05, 0) is 37.3 Å². The molecule has 0 spiro atoms. The number of hydrogen-bond acceptors (Lipinski definition) is 4. The van der Waals surface area contributed by atoms with E-state index in [1.807, 2.05) is 0 Å². The predicted octanol–water partition coefficient (Wildman–Crippen LogP) is 3.24. The maximum absolute atomic E-state index is 12.6. The summed E-state index contributed by atoms with van der Waals surface area (Å²) in [6.07, 6.45) is 0.212. The summed E-state index contributed by atoms with van der Waals surface area (Å²) in [5, 5.41) is 6.61. The van der Waals surface area contributed by atoms with E-state index in [4.69, 9.17) is 0 Å². The standard InChI is InChI=1S/C16H12F3N5O/c1-10-12(4-5-13(22-10)16(17,18)19)15(25)23-11-3-6-14(20-9-11)24-8-2-7-21-24/h2-9H,1H3,(H,23,25). The molecule has 1 amide bonds. The maximum atomic E-state index is 12.6. The monoisotopic (exact) mass is 347 g/mol. The van der Waals surface area contributed by atoms with Crippen LogP contribution in [0.25, 0.3) is 5.82 Å². The van der Waals surface area contributed by atoms with Crippen LogP contribution in [0.15, 0.2) is 48.9 Å². The molecule has 1 N–H and O–H groups in total. The highest BCUT2D eigenvalue weighted by molar-refractivity contribution is 6.04. The third-order valence-electron chi connectivity index (χ3n) is 3.37. The molecule has 0 saturated carbocycles. The molecule has 0 aromatic carbocycles. The quantitative estimate of drug-likeness (QED) is 0.789. The maximum Gasteiger partial charge on any atom is 0.433 e. The summed E-state index contributed by atoms with van der Waals surface area (Å²) >= 11 is 0. The SMILES string of the molecule is Cc1nc(C(F)(F)F)ccc1C(=O)Nc1ccc(-n2cccn2)nc1. The highest BCUT2D eigenvalue weighted by atomic mass is 19.4. The number of carbonyl (C=O) groups is 1. The Morgan fingerprint density at radius 2 is 2.00 bits per heavy atom. The van der Waals surface area contributed by atoms with Crippen molar-refractivity contribution in [3.63, 3.8) is 0 Å². The van der Waals surface area contributed by atoms with Crippen LogP contribution in [-0.2, 0) is 6.18 Å². The average Bonchev–Trinajstić information content (AvgIpc) is 3.09. The summed E-state index contributed by atoms with van der Waals surface area (Å²) in [4.78, 5) is 19.8. The lowest BCUT2D eigenvalue weighted by Crippen LogP contribution is -2.16. The van der Waals surface area contributed by atoms with Gasteiger partial charge in [0.1, 0.15) is 5.69 Å². The van der Waals surface area contributed by atoms with Gasteiger partial charge >= 0.3 is 6.18 Å². The van der Waals surface area contributed by atoms with Crippen molar-refractivity contribution in [2.75, 3.05) is 5.32 Å². The molecule has 0 aliphatic heterocycles. The van der Waals surface area contributed by atoms with Crippen LogP contribution in [0, 0.1) is 6.92 Å². The summed E-state index contributed by atoms with van der Waals surface area (Å²) < 4.78 is 39.4. The topological polar surface area (TPSA) is 72.7 Å². The van der Waals surface area contributed by atoms with Gasteiger partial charge in [-0.1, -0.05) is 0 Å². The predicted molar refractivity (Wildman–Crippen MR) is 83.3 cm³/mol. The zero-order valence-corrected chi connectivity index (χ0v) is 12.9. The Bertz CT molecular complexity index is 889. The average molecular weight is 347 g/mol. The zero-order valence-electron chi connectivity index (χ0n) is 12.9. The smallest absolute Gasteiger partial charge is 0.321 e. The number of pyridine rings is 2. The van der Waals surface area contributed by atoms with Crippen molar-refractivity contribution in [3.05, 3.63) is 65.9 Å². The second-order valence-electron chi connectivity index (χ2n) is 5.14. The molecule has 0 saturated heterocycles. The Hall–Kier alpha value is -3.23. The van der Waals surface area contributed by atoms with Gasteiger partial charge in [0.2, 0.25) is 0 Å². The first-order chi connectivity index (χ1) is 11.8. The number of nitrogens with one attached hydrogen (secondary N) is 1. The molecule has 0 fully saturated rings. The van der Waals surface area contributed by atoms with E-state index in [0.29, 0.717) is 11.5 Å². The lowest BCUT2D eigenvalue weighted by molar-refractivity contribution is -0.141.